The Balaban J connectivity index is 1.12. The van der Waals surface area contributed by atoms with Crippen LogP contribution in [0.3, 0.4) is 0 Å². The van der Waals surface area contributed by atoms with Crippen LogP contribution in [0.1, 0.15) is 24.2 Å². The Hall–Kier alpha value is -3.55. The number of imidazole rings is 1. The van der Waals surface area contributed by atoms with Crippen molar-refractivity contribution in [3.8, 4) is 5.75 Å². The maximum absolute atomic E-state index is 13.6. The summed E-state index contributed by atoms with van der Waals surface area (Å²) >= 11 is 6.42. The van der Waals surface area contributed by atoms with Crippen molar-refractivity contribution >= 4 is 34.2 Å². The van der Waals surface area contributed by atoms with Gasteiger partial charge in [-0.05, 0) is 61.3 Å². The summed E-state index contributed by atoms with van der Waals surface area (Å²) in [7, 11) is 1.69. The lowest BCUT2D eigenvalue weighted by Gasteiger charge is -2.40. The van der Waals surface area contributed by atoms with Crippen molar-refractivity contribution in [2.45, 2.75) is 25.9 Å². The predicted molar refractivity (Wildman–Crippen MR) is 160 cm³/mol. The molecule has 1 atom stereocenters. The molecule has 0 aliphatic carbocycles. The van der Waals surface area contributed by atoms with Gasteiger partial charge in [-0.1, -0.05) is 48.0 Å². The van der Waals surface area contributed by atoms with Crippen LogP contribution in [0.25, 0.3) is 11.0 Å². The number of aromatic nitrogens is 2. The smallest absolute Gasteiger partial charge is 0.227 e. The molecule has 0 N–H and O–H groups in total. The molecule has 7 nitrogen and oxygen atoms in total. The van der Waals surface area contributed by atoms with E-state index in [2.05, 4.69) is 55.7 Å². The average molecular weight is 558 g/mol. The number of carbonyl (C=O) groups is 1. The summed E-state index contributed by atoms with van der Waals surface area (Å²) < 4.78 is 7.65. The SMILES string of the molecule is COc1ccc(Cn2c(CN3CCC[C@H](C(=O)N4CCN(c5ccccc5Cl)CC4)C3)nc3ccccc32)cc1. The van der Waals surface area contributed by atoms with Gasteiger partial charge in [0.1, 0.15) is 11.6 Å². The summed E-state index contributed by atoms with van der Waals surface area (Å²) in [5.74, 6) is 2.21. The second-order valence-corrected chi connectivity index (χ2v) is 11.2. The highest BCUT2D eigenvalue weighted by Crippen LogP contribution is 2.28. The largest absolute Gasteiger partial charge is 0.497 e. The summed E-state index contributed by atoms with van der Waals surface area (Å²) in [5, 5.41) is 0.767. The van der Waals surface area contributed by atoms with Gasteiger partial charge in [0.15, 0.2) is 0 Å². The number of piperazine rings is 1. The molecular formula is C32H36ClN5O2. The van der Waals surface area contributed by atoms with E-state index in [1.165, 1.54) is 5.56 Å². The van der Waals surface area contributed by atoms with E-state index >= 15 is 0 Å². The Morgan fingerprint density at radius 3 is 2.45 bits per heavy atom. The van der Waals surface area contributed by atoms with Crippen molar-refractivity contribution in [1.29, 1.82) is 0 Å². The number of ether oxygens (including phenoxy) is 1. The van der Waals surface area contributed by atoms with E-state index < -0.39 is 0 Å². The van der Waals surface area contributed by atoms with Crippen LogP contribution in [-0.2, 0) is 17.9 Å². The summed E-state index contributed by atoms with van der Waals surface area (Å²) in [6.07, 6.45) is 1.97. The summed E-state index contributed by atoms with van der Waals surface area (Å²) in [4.78, 5) is 25.4. The fourth-order valence-corrected chi connectivity index (χ4v) is 6.33. The van der Waals surface area contributed by atoms with Crippen molar-refractivity contribution in [2.75, 3.05) is 51.3 Å². The minimum absolute atomic E-state index is 0.0278. The number of methoxy groups -OCH3 is 1. The summed E-state index contributed by atoms with van der Waals surface area (Å²) in [5.41, 5.74) is 4.40. The highest BCUT2D eigenvalue weighted by Gasteiger charge is 2.32. The van der Waals surface area contributed by atoms with Crippen LogP contribution in [0.15, 0.2) is 72.8 Å². The number of para-hydroxylation sites is 3. The third-order valence-electron chi connectivity index (χ3n) is 8.24. The molecule has 0 spiro atoms. The van der Waals surface area contributed by atoms with Crippen LogP contribution in [0.4, 0.5) is 5.69 Å². The first-order chi connectivity index (χ1) is 19.6. The zero-order chi connectivity index (χ0) is 27.5. The molecule has 2 aliphatic heterocycles. The van der Waals surface area contributed by atoms with Crippen LogP contribution in [0.2, 0.25) is 5.02 Å². The molecule has 2 saturated heterocycles. The Bertz CT molecular complexity index is 1460. The first kappa shape index (κ1) is 26.7. The molecule has 3 heterocycles. The van der Waals surface area contributed by atoms with E-state index in [1.807, 2.05) is 36.4 Å². The number of anilines is 1. The number of rotatable bonds is 7. The Morgan fingerprint density at radius 2 is 1.68 bits per heavy atom. The quantitative estimate of drug-likeness (QED) is 0.308. The van der Waals surface area contributed by atoms with Gasteiger partial charge in [-0.2, -0.15) is 0 Å². The number of halogens is 1. The van der Waals surface area contributed by atoms with Gasteiger partial charge >= 0.3 is 0 Å². The second kappa shape index (κ2) is 11.9. The van der Waals surface area contributed by atoms with Crippen LogP contribution in [0, 0.1) is 5.92 Å². The number of hydrogen-bond acceptors (Lipinski definition) is 5. The molecule has 1 aromatic heterocycles. The first-order valence-corrected chi connectivity index (χ1v) is 14.5. The normalized spacial score (nSPS) is 18.3. The second-order valence-electron chi connectivity index (χ2n) is 10.8. The lowest BCUT2D eigenvalue weighted by atomic mass is 9.96. The number of fused-ring (bicyclic) bond motifs is 1. The number of benzene rings is 3. The standard InChI is InChI=1S/C32H36ClN5O2/c1-40-26-14-12-24(13-15-26)21-38-30-11-5-3-9-28(30)34-31(38)23-35-16-6-7-25(22-35)32(39)37-19-17-36(18-20-37)29-10-4-2-8-27(29)33/h2-5,8-15,25H,6-7,16-23H2,1H3/t25-/m0/s1. The van der Waals surface area contributed by atoms with E-state index in [1.54, 1.807) is 7.11 Å². The number of nitrogens with zero attached hydrogens (tertiary/aromatic N) is 5. The van der Waals surface area contributed by atoms with Crippen molar-refractivity contribution in [2.24, 2.45) is 5.92 Å². The molecule has 0 radical (unpaired) electrons. The third kappa shape index (κ3) is 5.67. The van der Waals surface area contributed by atoms with Gasteiger partial charge in [-0.25, -0.2) is 4.98 Å². The fraction of sp³-hybridized carbons (Fsp3) is 0.375. The minimum Gasteiger partial charge on any atom is -0.497 e. The van der Waals surface area contributed by atoms with Gasteiger partial charge < -0.3 is 19.1 Å². The third-order valence-corrected chi connectivity index (χ3v) is 8.56. The van der Waals surface area contributed by atoms with Crippen molar-refractivity contribution < 1.29 is 9.53 Å². The molecule has 208 valence electrons. The number of piperidine rings is 1. The Kier molecular flexibility index (Phi) is 7.93. The Morgan fingerprint density at radius 1 is 0.925 bits per heavy atom. The van der Waals surface area contributed by atoms with E-state index in [0.29, 0.717) is 0 Å². The fourth-order valence-electron chi connectivity index (χ4n) is 6.07. The topological polar surface area (TPSA) is 53.8 Å². The molecule has 2 aliphatic rings. The van der Waals surface area contributed by atoms with Gasteiger partial charge in [0.05, 0.1) is 41.3 Å². The molecule has 4 aromatic rings. The van der Waals surface area contributed by atoms with Gasteiger partial charge in [0, 0.05) is 39.3 Å². The molecule has 2 fully saturated rings. The zero-order valence-electron chi connectivity index (χ0n) is 23.0. The van der Waals surface area contributed by atoms with E-state index in [-0.39, 0.29) is 11.8 Å². The molecule has 40 heavy (non-hydrogen) atoms. The lowest BCUT2D eigenvalue weighted by molar-refractivity contribution is -0.137. The van der Waals surface area contributed by atoms with E-state index in [0.717, 1.165) is 98.5 Å². The number of amides is 1. The van der Waals surface area contributed by atoms with Crippen molar-refractivity contribution in [3.05, 3.63) is 89.2 Å². The van der Waals surface area contributed by atoms with Crippen LogP contribution in [-0.4, -0.2) is 71.6 Å². The van der Waals surface area contributed by atoms with Gasteiger partial charge in [0.2, 0.25) is 5.91 Å². The van der Waals surface area contributed by atoms with Crippen molar-refractivity contribution in [1.82, 2.24) is 19.4 Å². The molecule has 8 heteroatoms. The predicted octanol–water partition coefficient (Wildman–Crippen LogP) is 5.31. The highest BCUT2D eigenvalue weighted by atomic mass is 35.5. The molecule has 0 unspecified atom stereocenters. The van der Waals surface area contributed by atoms with Crippen LogP contribution in [0.5, 0.6) is 5.75 Å². The number of carbonyl (C=O) groups excluding carboxylic acids is 1. The summed E-state index contributed by atoms with van der Waals surface area (Å²) in [6, 6.07) is 24.5. The van der Waals surface area contributed by atoms with Gasteiger partial charge in [0.25, 0.3) is 0 Å². The van der Waals surface area contributed by atoms with E-state index in [4.69, 9.17) is 21.3 Å². The molecule has 1 amide bonds. The number of hydrogen-bond donors (Lipinski definition) is 0. The zero-order valence-corrected chi connectivity index (χ0v) is 23.8. The monoisotopic (exact) mass is 557 g/mol. The first-order valence-electron chi connectivity index (χ1n) is 14.2. The molecule has 0 saturated carbocycles. The molecular weight excluding hydrogens is 522 g/mol. The maximum atomic E-state index is 13.6. The van der Waals surface area contributed by atoms with Gasteiger partial charge in [-0.15, -0.1) is 0 Å². The lowest BCUT2D eigenvalue weighted by Crippen LogP contribution is -2.52. The highest BCUT2D eigenvalue weighted by molar-refractivity contribution is 6.33. The Labute approximate surface area is 240 Å². The van der Waals surface area contributed by atoms with Crippen molar-refractivity contribution in [3.63, 3.8) is 0 Å². The van der Waals surface area contributed by atoms with Crippen LogP contribution >= 0.6 is 11.6 Å². The van der Waals surface area contributed by atoms with Crippen LogP contribution < -0.4 is 9.64 Å². The van der Waals surface area contributed by atoms with Gasteiger partial charge in [-0.3, -0.25) is 9.69 Å². The van der Waals surface area contributed by atoms with E-state index in [9.17, 15) is 4.79 Å². The number of likely N-dealkylation sites (tertiary alicyclic amines) is 1. The average Bonchev–Trinajstić information content (AvgIpc) is 3.34. The minimum atomic E-state index is 0.0278. The molecule has 3 aromatic carbocycles. The maximum Gasteiger partial charge on any atom is 0.227 e. The molecule has 6 rings (SSSR count). The molecule has 0 bridgehead atoms. The summed E-state index contributed by atoms with van der Waals surface area (Å²) in [6.45, 7) is 6.31.